The molecule has 8 heteroatoms. The number of hydrogen-bond acceptors (Lipinski definition) is 5. The Bertz CT molecular complexity index is 1710. The Morgan fingerprint density at radius 2 is 1.89 bits per heavy atom. The summed E-state index contributed by atoms with van der Waals surface area (Å²) >= 11 is 0. The standard InChI is InChI=1S/C28H19FN2O5/c1-35-21-11-4-6-15-12-22(36-27(15)21)25(32)23-24(19-14-30-20-10-3-2-9-18(19)20)31(28(34)26(23)33)17-8-5-7-16(29)13-17/h2-14,24,30,33H,1H3. The van der Waals surface area contributed by atoms with Crippen molar-refractivity contribution in [3.63, 3.8) is 0 Å². The van der Waals surface area contributed by atoms with Crippen molar-refractivity contribution in [2.24, 2.45) is 0 Å². The summed E-state index contributed by atoms with van der Waals surface area (Å²) in [6.45, 7) is 0. The zero-order valence-corrected chi connectivity index (χ0v) is 19.0. The molecule has 1 aliphatic heterocycles. The molecule has 0 fully saturated rings. The van der Waals surface area contributed by atoms with E-state index < -0.39 is 29.3 Å². The molecule has 1 amide bonds. The van der Waals surface area contributed by atoms with Gasteiger partial charge in [0.2, 0.25) is 5.78 Å². The van der Waals surface area contributed by atoms with Crippen molar-refractivity contribution in [1.82, 2.24) is 4.98 Å². The molecular weight excluding hydrogens is 463 g/mol. The molecule has 7 nitrogen and oxygen atoms in total. The van der Waals surface area contributed by atoms with Gasteiger partial charge < -0.3 is 19.2 Å². The Hall–Kier alpha value is -4.85. The molecule has 5 aromatic rings. The number of para-hydroxylation sites is 2. The Morgan fingerprint density at radius 1 is 1.08 bits per heavy atom. The molecule has 3 aromatic carbocycles. The number of hydrogen-bond donors (Lipinski definition) is 2. The van der Waals surface area contributed by atoms with E-state index in [4.69, 9.17) is 9.15 Å². The highest BCUT2D eigenvalue weighted by Gasteiger charge is 2.46. The van der Waals surface area contributed by atoms with Crippen molar-refractivity contribution in [3.8, 4) is 5.75 Å². The van der Waals surface area contributed by atoms with E-state index in [1.165, 1.54) is 30.2 Å². The third-order valence-corrected chi connectivity index (χ3v) is 6.41. The molecule has 6 rings (SSSR count). The summed E-state index contributed by atoms with van der Waals surface area (Å²) in [4.78, 5) is 31.6. The van der Waals surface area contributed by atoms with Gasteiger partial charge in [0.25, 0.3) is 5.91 Å². The van der Waals surface area contributed by atoms with Gasteiger partial charge in [0.05, 0.1) is 18.7 Å². The number of aliphatic hydroxyl groups excluding tert-OH is 1. The molecule has 2 N–H and O–H groups in total. The summed E-state index contributed by atoms with van der Waals surface area (Å²) in [6.07, 6.45) is 1.68. The fourth-order valence-electron chi connectivity index (χ4n) is 4.79. The van der Waals surface area contributed by atoms with Gasteiger partial charge in [-0.2, -0.15) is 0 Å². The Kier molecular flexibility index (Phi) is 4.89. The number of aliphatic hydroxyl groups is 1. The summed E-state index contributed by atoms with van der Waals surface area (Å²) in [5, 5.41) is 12.4. The quantitative estimate of drug-likeness (QED) is 0.307. The molecule has 0 radical (unpaired) electrons. The van der Waals surface area contributed by atoms with Crippen LogP contribution in [0.2, 0.25) is 0 Å². The first-order valence-electron chi connectivity index (χ1n) is 11.2. The first-order valence-corrected chi connectivity index (χ1v) is 11.2. The van der Waals surface area contributed by atoms with Crippen LogP contribution < -0.4 is 9.64 Å². The minimum absolute atomic E-state index is 0.0604. The smallest absolute Gasteiger partial charge is 0.294 e. The van der Waals surface area contributed by atoms with E-state index in [2.05, 4.69) is 4.98 Å². The van der Waals surface area contributed by atoms with Crippen LogP contribution in [0.15, 0.2) is 94.7 Å². The monoisotopic (exact) mass is 482 g/mol. The minimum Gasteiger partial charge on any atom is -0.503 e. The van der Waals surface area contributed by atoms with Gasteiger partial charge in [-0.25, -0.2) is 4.39 Å². The molecule has 0 saturated carbocycles. The maximum Gasteiger partial charge on any atom is 0.294 e. The number of nitrogens with one attached hydrogen (secondary N) is 1. The number of aromatic amines is 1. The van der Waals surface area contributed by atoms with Crippen LogP contribution in [0.25, 0.3) is 21.9 Å². The van der Waals surface area contributed by atoms with E-state index in [9.17, 15) is 19.1 Å². The van der Waals surface area contributed by atoms with Crippen LogP contribution in [0.5, 0.6) is 5.75 Å². The van der Waals surface area contributed by atoms with Gasteiger partial charge in [0.15, 0.2) is 22.9 Å². The molecule has 1 aliphatic rings. The van der Waals surface area contributed by atoms with E-state index in [1.807, 2.05) is 24.3 Å². The number of H-pyrrole nitrogens is 1. The number of benzene rings is 3. The highest BCUT2D eigenvalue weighted by molar-refractivity contribution is 6.21. The van der Waals surface area contributed by atoms with Crippen molar-refractivity contribution in [3.05, 3.63) is 107 Å². The van der Waals surface area contributed by atoms with E-state index in [0.717, 1.165) is 10.9 Å². The van der Waals surface area contributed by atoms with Crippen molar-refractivity contribution in [2.75, 3.05) is 12.0 Å². The van der Waals surface area contributed by atoms with E-state index in [1.54, 1.807) is 36.5 Å². The predicted molar refractivity (Wildman–Crippen MR) is 132 cm³/mol. The molecule has 0 spiro atoms. The number of fused-ring (bicyclic) bond motifs is 2. The number of methoxy groups -OCH3 is 1. The average molecular weight is 482 g/mol. The van der Waals surface area contributed by atoms with Crippen molar-refractivity contribution < 1.29 is 28.2 Å². The Labute approximate surface area is 204 Å². The number of ether oxygens (including phenoxy) is 1. The molecule has 1 atom stereocenters. The van der Waals surface area contributed by atoms with Gasteiger partial charge >= 0.3 is 0 Å². The fraction of sp³-hybridized carbons (Fsp3) is 0.0714. The van der Waals surface area contributed by atoms with Gasteiger partial charge in [-0.1, -0.05) is 36.4 Å². The Morgan fingerprint density at radius 3 is 2.69 bits per heavy atom. The van der Waals surface area contributed by atoms with Crippen LogP contribution in [0.1, 0.15) is 22.2 Å². The van der Waals surface area contributed by atoms with Crippen LogP contribution >= 0.6 is 0 Å². The third kappa shape index (κ3) is 3.19. The van der Waals surface area contributed by atoms with Crippen LogP contribution in [0.4, 0.5) is 10.1 Å². The van der Waals surface area contributed by atoms with E-state index >= 15 is 0 Å². The summed E-state index contributed by atoms with van der Waals surface area (Å²) in [5.41, 5.74) is 1.77. The average Bonchev–Trinajstić information content (AvgIpc) is 3.58. The van der Waals surface area contributed by atoms with Crippen LogP contribution in [0, 0.1) is 5.82 Å². The Balaban J connectivity index is 1.55. The third-order valence-electron chi connectivity index (χ3n) is 6.41. The van der Waals surface area contributed by atoms with Gasteiger partial charge in [-0.3, -0.25) is 14.5 Å². The number of ketones is 1. The topological polar surface area (TPSA) is 95.8 Å². The molecule has 178 valence electrons. The maximum absolute atomic E-state index is 14.2. The number of halogens is 1. The number of anilines is 1. The SMILES string of the molecule is COc1cccc2cc(C(=O)C3=C(O)C(=O)N(c4cccc(F)c4)C3c3c[nH]c4ccccc34)oc12. The van der Waals surface area contributed by atoms with Crippen LogP contribution in [-0.2, 0) is 4.79 Å². The second-order valence-electron chi connectivity index (χ2n) is 8.43. The predicted octanol–water partition coefficient (Wildman–Crippen LogP) is 5.84. The number of aromatic nitrogens is 1. The molecule has 1 unspecified atom stereocenters. The molecule has 0 aliphatic carbocycles. The van der Waals surface area contributed by atoms with E-state index in [0.29, 0.717) is 22.3 Å². The zero-order chi connectivity index (χ0) is 25.0. The lowest BCUT2D eigenvalue weighted by Crippen LogP contribution is -2.31. The molecule has 0 saturated heterocycles. The van der Waals surface area contributed by atoms with Crippen LogP contribution in [-0.4, -0.2) is 28.9 Å². The largest absolute Gasteiger partial charge is 0.503 e. The number of furan rings is 1. The summed E-state index contributed by atoms with van der Waals surface area (Å²) in [5.74, 6) is -2.36. The lowest BCUT2D eigenvalue weighted by Gasteiger charge is -2.26. The summed E-state index contributed by atoms with van der Waals surface area (Å²) in [6, 6.07) is 18.6. The highest BCUT2D eigenvalue weighted by Crippen LogP contribution is 2.44. The second kappa shape index (κ2) is 8.13. The van der Waals surface area contributed by atoms with Gasteiger partial charge in [0.1, 0.15) is 5.82 Å². The molecule has 36 heavy (non-hydrogen) atoms. The van der Waals surface area contributed by atoms with Crippen molar-refractivity contribution in [1.29, 1.82) is 0 Å². The molecular formula is C28H19FN2O5. The molecule has 0 bridgehead atoms. The van der Waals surface area contributed by atoms with Gasteiger partial charge in [0, 0.05) is 33.7 Å². The highest BCUT2D eigenvalue weighted by atomic mass is 19.1. The van der Waals surface area contributed by atoms with Crippen molar-refractivity contribution >= 4 is 39.2 Å². The number of rotatable bonds is 5. The number of carbonyl (C=O) groups excluding carboxylic acids is 2. The van der Waals surface area contributed by atoms with Gasteiger partial charge in [-0.15, -0.1) is 0 Å². The number of amides is 1. The van der Waals surface area contributed by atoms with Crippen molar-refractivity contribution in [2.45, 2.75) is 6.04 Å². The zero-order valence-electron chi connectivity index (χ0n) is 19.0. The summed E-state index contributed by atoms with van der Waals surface area (Å²) in [7, 11) is 1.49. The molecule has 3 heterocycles. The number of carbonyl (C=O) groups is 2. The first-order chi connectivity index (χ1) is 17.5. The lowest BCUT2D eigenvalue weighted by molar-refractivity contribution is -0.117. The number of nitrogens with zero attached hydrogens (tertiary/aromatic N) is 1. The number of Topliss-reactive ketones (excluding diaryl/α,β-unsaturated/α-hetero) is 1. The second-order valence-corrected chi connectivity index (χ2v) is 8.43. The minimum atomic E-state index is -1.03. The fourth-order valence-corrected chi connectivity index (χ4v) is 4.79. The molecule has 2 aromatic heterocycles. The summed E-state index contributed by atoms with van der Waals surface area (Å²) < 4.78 is 25.3. The maximum atomic E-state index is 14.2. The lowest BCUT2D eigenvalue weighted by atomic mass is 9.94. The first kappa shape index (κ1) is 21.7. The van der Waals surface area contributed by atoms with Gasteiger partial charge in [-0.05, 0) is 36.4 Å². The van der Waals surface area contributed by atoms with Crippen LogP contribution in [0.3, 0.4) is 0 Å². The van der Waals surface area contributed by atoms with E-state index in [-0.39, 0.29) is 17.0 Å². The normalized spacial score (nSPS) is 15.9.